The number of benzene rings is 2. The van der Waals surface area contributed by atoms with Crippen molar-refractivity contribution in [2.45, 2.75) is 12.5 Å². The molecule has 3 heteroatoms. The van der Waals surface area contributed by atoms with E-state index in [1.165, 1.54) is 11.6 Å². The van der Waals surface area contributed by atoms with Crippen LogP contribution in [0.4, 0.5) is 10.1 Å². The zero-order chi connectivity index (χ0) is 11.8. The Kier molecular flexibility index (Phi) is 2.52. The average molecular weight is 248 g/mol. The van der Waals surface area contributed by atoms with Crippen LogP contribution >= 0.6 is 11.6 Å². The van der Waals surface area contributed by atoms with E-state index >= 15 is 0 Å². The van der Waals surface area contributed by atoms with Crippen molar-refractivity contribution in [3.63, 3.8) is 0 Å². The van der Waals surface area contributed by atoms with Crippen LogP contribution in [0.3, 0.4) is 0 Å². The maximum absolute atomic E-state index is 13.2. The molecule has 0 fully saturated rings. The zero-order valence-corrected chi connectivity index (χ0v) is 9.84. The van der Waals surface area contributed by atoms with Gasteiger partial charge in [0.05, 0.1) is 6.04 Å². The van der Waals surface area contributed by atoms with Crippen LogP contribution in [0.25, 0.3) is 0 Å². The lowest BCUT2D eigenvalue weighted by Crippen LogP contribution is -2.05. The number of rotatable bonds is 1. The second-order valence-corrected chi connectivity index (χ2v) is 4.69. The van der Waals surface area contributed by atoms with Gasteiger partial charge in [-0.15, -0.1) is 0 Å². The lowest BCUT2D eigenvalue weighted by atomic mass is 10.0. The highest BCUT2D eigenvalue weighted by Gasteiger charge is 2.22. The lowest BCUT2D eigenvalue weighted by molar-refractivity contribution is 0.623. The quantitative estimate of drug-likeness (QED) is 0.797. The summed E-state index contributed by atoms with van der Waals surface area (Å²) in [6.07, 6.45) is 0.871. The fourth-order valence-electron chi connectivity index (χ4n) is 2.24. The molecule has 0 amide bonds. The Labute approximate surface area is 104 Å². The van der Waals surface area contributed by atoms with Crippen molar-refractivity contribution >= 4 is 17.3 Å². The first kappa shape index (κ1) is 10.6. The Balaban J connectivity index is 1.91. The Hall–Kier alpha value is -1.54. The van der Waals surface area contributed by atoms with Gasteiger partial charge in [-0.25, -0.2) is 4.39 Å². The van der Waals surface area contributed by atoms with Gasteiger partial charge in [0.25, 0.3) is 0 Å². The van der Waals surface area contributed by atoms with E-state index in [4.69, 9.17) is 11.6 Å². The van der Waals surface area contributed by atoms with E-state index in [-0.39, 0.29) is 11.9 Å². The van der Waals surface area contributed by atoms with Crippen molar-refractivity contribution in [2.24, 2.45) is 0 Å². The first-order valence-corrected chi connectivity index (χ1v) is 5.90. The van der Waals surface area contributed by atoms with Gasteiger partial charge in [-0.1, -0.05) is 29.8 Å². The highest BCUT2D eigenvalue weighted by molar-refractivity contribution is 6.30. The Bertz CT molecular complexity index is 568. The third-order valence-corrected chi connectivity index (χ3v) is 3.31. The molecule has 1 aliphatic heterocycles. The second-order valence-electron chi connectivity index (χ2n) is 4.26. The van der Waals surface area contributed by atoms with Crippen molar-refractivity contribution in [1.29, 1.82) is 0 Å². The summed E-state index contributed by atoms with van der Waals surface area (Å²) < 4.78 is 13.2. The highest BCUT2D eigenvalue weighted by atomic mass is 35.5. The molecule has 17 heavy (non-hydrogen) atoms. The van der Waals surface area contributed by atoms with Gasteiger partial charge in [-0.3, -0.25) is 0 Å². The summed E-state index contributed by atoms with van der Waals surface area (Å²) in [5.41, 5.74) is 3.24. The fraction of sp³-hybridized carbons (Fsp3) is 0.143. The lowest BCUT2D eigenvalue weighted by Gasteiger charge is -2.11. The van der Waals surface area contributed by atoms with Crippen LogP contribution in [0.2, 0.25) is 5.02 Å². The predicted octanol–water partition coefficient (Wildman–Crippen LogP) is 4.19. The molecule has 1 nitrogen and oxygen atoms in total. The molecule has 1 N–H and O–H groups in total. The smallest absolute Gasteiger partial charge is 0.123 e. The summed E-state index contributed by atoms with van der Waals surface area (Å²) in [4.78, 5) is 0. The van der Waals surface area contributed by atoms with Gasteiger partial charge in [0.15, 0.2) is 0 Å². The van der Waals surface area contributed by atoms with Gasteiger partial charge in [-0.05, 0) is 41.8 Å². The molecule has 2 aromatic carbocycles. The van der Waals surface area contributed by atoms with Crippen molar-refractivity contribution < 1.29 is 4.39 Å². The van der Waals surface area contributed by atoms with E-state index in [0.29, 0.717) is 0 Å². The van der Waals surface area contributed by atoms with Crippen LogP contribution in [-0.2, 0) is 6.42 Å². The van der Waals surface area contributed by atoms with Gasteiger partial charge in [0, 0.05) is 10.7 Å². The molecule has 1 heterocycles. The number of hydrogen-bond acceptors (Lipinski definition) is 1. The molecule has 0 bridgehead atoms. The monoisotopic (exact) mass is 247 g/mol. The van der Waals surface area contributed by atoms with Crippen LogP contribution in [0.5, 0.6) is 0 Å². The standard InChI is InChI=1S/C14H11ClFN/c15-11-5-4-10-7-13(17-14(10)8-11)9-2-1-3-12(16)6-9/h1-6,8,13,17H,7H2. The molecule has 1 unspecified atom stereocenters. The van der Waals surface area contributed by atoms with Crippen molar-refractivity contribution in [1.82, 2.24) is 0 Å². The summed E-state index contributed by atoms with van der Waals surface area (Å²) in [5, 5.41) is 4.09. The second kappa shape index (κ2) is 4.04. The maximum atomic E-state index is 13.2. The molecule has 1 aliphatic rings. The van der Waals surface area contributed by atoms with E-state index in [1.807, 2.05) is 24.3 Å². The van der Waals surface area contributed by atoms with Crippen molar-refractivity contribution in [3.8, 4) is 0 Å². The largest absolute Gasteiger partial charge is 0.378 e. The van der Waals surface area contributed by atoms with E-state index in [9.17, 15) is 4.39 Å². The van der Waals surface area contributed by atoms with Crippen LogP contribution in [-0.4, -0.2) is 0 Å². The van der Waals surface area contributed by atoms with Crippen LogP contribution in [0.15, 0.2) is 42.5 Å². The maximum Gasteiger partial charge on any atom is 0.123 e. The predicted molar refractivity (Wildman–Crippen MR) is 67.9 cm³/mol. The Morgan fingerprint density at radius 3 is 2.88 bits per heavy atom. The summed E-state index contributed by atoms with van der Waals surface area (Å²) in [7, 11) is 0. The van der Waals surface area contributed by atoms with E-state index in [2.05, 4.69) is 5.32 Å². The Morgan fingerprint density at radius 2 is 2.06 bits per heavy atom. The minimum Gasteiger partial charge on any atom is -0.378 e. The number of nitrogens with one attached hydrogen (secondary N) is 1. The molecule has 0 aromatic heterocycles. The zero-order valence-electron chi connectivity index (χ0n) is 9.08. The van der Waals surface area contributed by atoms with Gasteiger partial charge >= 0.3 is 0 Å². The topological polar surface area (TPSA) is 12.0 Å². The number of halogens is 2. The number of fused-ring (bicyclic) bond motifs is 1. The van der Waals surface area contributed by atoms with E-state index in [1.54, 1.807) is 12.1 Å². The Morgan fingerprint density at radius 1 is 1.18 bits per heavy atom. The van der Waals surface area contributed by atoms with Crippen LogP contribution in [0, 0.1) is 5.82 Å². The van der Waals surface area contributed by atoms with Crippen molar-refractivity contribution in [3.05, 3.63) is 64.4 Å². The summed E-state index contributed by atoms with van der Waals surface area (Å²) in [6.45, 7) is 0. The minimum atomic E-state index is -0.196. The molecular weight excluding hydrogens is 237 g/mol. The summed E-state index contributed by atoms with van der Waals surface area (Å²) >= 11 is 5.94. The average Bonchev–Trinajstić information content (AvgIpc) is 2.72. The third-order valence-electron chi connectivity index (χ3n) is 3.08. The minimum absolute atomic E-state index is 0.138. The van der Waals surface area contributed by atoms with Crippen molar-refractivity contribution in [2.75, 3.05) is 5.32 Å². The molecule has 1 atom stereocenters. The summed E-state index contributed by atoms with van der Waals surface area (Å²) in [5.74, 6) is -0.196. The molecule has 0 saturated carbocycles. The molecule has 0 saturated heterocycles. The first-order chi connectivity index (χ1) is 8.22. The molecule has 2 aromatic rings. The molecule has 0 radical (unpaired) electrons. The van der Waals surface area contributed by atoms with E-state index in [0.717, 1.165) is 22.7 Å². The molecular formula is C14H11ClFN. The number of anilines is 1. The highest BCUT2D eigenvalue weighted by Crippen LogP contribution is 2.35. The molecule has 86 valence electrons. The van der Waals surface area contributed by atoms with Crippen LogP contribution in [0.1, 0.15) is 17.2 Å². The number of hydrogen-bond donors (Lipinski definition) is 1. The fourth-order valence-corrected chi connectivity index (χ4v) is 2.42. The van der Waals surface area contributed by atoms with Gasteiger partial charge in [0.1, 0.15) is 5.82 Å². The van der Waals surface area contributed by atoms with E-state index < -0.39 is 0 Å². The normalized spacial score (nSPS) is 17.6. The third kappa shape index (κ3) is 2.01. The van der Waals surface area contributed by atoms with Crippen LogP contribution < -0.4 is 5.32 Å². The van der Waals surface area contributed by atoms with Gasteiger partial charge in [-0.2, -0.15) is 0 Å². The summed E-state index contributed by atoms with van der Waals surface area (Å²) in [6, 6.07) is 12.7. The molecule has 3 rings (SSSR count). The van der Waals surface area contributed by atoms with Gasteiger partial charge < -0.3 is 5.32 Å². The molecule has 0 aliphatic carbocycles. The molecule has 0 spiro atoms. The first-order valence-electron chi connectivity index (χ1n) is 5.53. The SMILES string of the molecule is Fc1cccc(C2Cc3ccc(Cl)cc3N2)c1. The van der Waals surface area contributed by atoms with Gasteiger partial charge in [0.2, 0.25) is 0 Å².